The largest absolute Gasteiger partial charge is 0.261 e. The topological polar surface area (TPSA) is 12.9 Å². The lowest BCUT2D eigenvalue weighted by atomic mass is 9.82. The van der Waals surface area contributed by atoms with Gasteiger partial charge in [-0.05, 0) is 37.0 Å². The molecule has 0 aliphatic heterocycles. The van der Waals surface area contributed by atoms with E-state index in [4.69, 9.17) is 0 Å². The molecule has 1 aliphatic rings. The molecule has 0 atom stereocenters. The highest BCUT2D eigenvalue weighted by atomic mass is 14.7. The third-order valence-electron chi connectivity index (χ3n) is 2.69. The molecule has 0 aromatic carbocycles. The highest BCUT2D eigenvalue weighted by Crippen LogP contribution is 2.29. The molecular weight excluding hydrogens is 146 g/mol. The lowest BCUT2D eigenvalue weighted by molar-refractivity contribution is 0.312. The standard InChI is InChI=1S/C11H15N/c1-9-5-6-12-11(7-9)8-10-3-2-4-10/h5-7,10H,2-4,8H2,1H3. The van der Waals surface area contributed by atoms with Gasteiger partial charge in [-0.3, -0.25) is 4.98 Å². The summed E-state index contributed by atoms with van der Waals surface area (Å²) < 4.78 is 0. The highest BCUT2D eigenvalue weighted by molar-refractivity contribution is 5.15. The summed E-state index contributed by atoms with van der Waals surface area (Å²) in [5.41, 5.74) is 2.61. The van der Waals surface area contributed by atoms with Gasteiger partial charge in [-0.15, -0.1) is 0 Å². The van der Waals surface area contributed by atoms with E-state index in [1.165, 1.54) is 36.9 Å². The summed E-state index contributed by atoms with van der Waals surface area (Å²) in [6.07, 6.45) is 7.37. The molecule has 2 rings (SSSR count). The molecule has 12 heavy (non-hydrogen) atoms. The van der Waals surface area contributed by atoms with E-state index < -0.39 is 0 Å². The van der Waals surface area contributed by atoms with Gasteiger partial charge in [0.15, 0.2) is 0 Å². The van der Waals surface area contributed by atoms with Crippen molar-refractivity contribution in [2.24, 2.45) is 5.92 Å². The molecule has 1 nitrogen and oxygen atoms in total. The molecule has 1 aromatic rings. The Morgan fingerprint density at radius 1 is 1.50 bits per heavy atom. The summed E-state index contributed by atoms with van der Waals surface area (Å²) in [6, 6.07) is 4.27. The van der Waals surface area contributed by atoms with Crippen LogP contribution in [0.3, 0.4) is 0 Å². The van der Waals surface area contributed by atoms with Gasteiger partial charge in [0.2, 0.25) is 0 Å². The number of rotatable bonds is 2. The summed E-state index contributed by atoms with van der Waals surface area (Å²) in [5.74, 6) is 0.930. The molecule has 1 aliphatic carbocycles. The Hall–Kier alpha value is -0.850. The van der Waals surface area contributed by atoms with Crippen LogP contribution in [-0.4, -0.2) is 4.98 Å². The molecule has 1 heterocycles. The number of nitrogens with zero attached hydrogens (tertiary/aromatic N) is 1. The first-order valence-electron chi connectivity index (χ1n) is 4.76. The number of pyridine rings is 1. The van der Waals surface area contributed by atoms with Crippen molar-refractivity contribution in [3.63, 3.8) is 0 Å². The Morgan fingerprint density at radius 3 is 2.92 bits per heavy atom. The van der Waals surface area contributed by atoms with Crippen LogP contribution in [0.2, 0.25) is 0 Å². The van der Waals surface area contributed by atoms with Gasteiger partial charge in [0, 0.05) is 11.9 Å². The average molecular weight is 161 g/mol. The van der Waals surface area contributed by atoms with Crippen molar-refractivity contribution in [1.82, 2.24) is 4.98 Å². The molecule has 1 aromatic heterocycles. The van der Waals surface area contributed by atoms with Crippen molar-refractivity contribution in [1.29, 1.82) is 0 Å². The summed E-state index contributed by atoms with van der Waals surface area (Å²) in [6.45, 7) is 2.13. The van der Waals surface area contributed by atoms with Gasteiger partial charge in [-0.2, -0.15) is 0 Å². The van der Waals surface area contributed by atoms with E-state index in [0.29, 0.717) is 0 Å². The third-order valence-corrected chi connectivity index (χ3v) is 2.69. The minimum atomic E-state index is 0.930. The van der Waals surface area contributed by atoms with Crippen LogP contribution in [0.1, 0.15) is 30.5 Å². The molecule has 1 heteroatoms. The van der Waals surface area contributed by atoms with Crippen molar-refractivity contribution < 1.29 is 0 Å². The minimum absolute atomic E-state index is 0.930. The molecule has 0 N–H and O–H groups in total. The smallest absolute Gasteiger partial charge is 0.0409 e. The molecule has 0 radical (unpaired) electrons. The maximum atomic E-state index is 4.36. The zero-order chi connectivity index (χ0) is 8.39. The predicted octanol–water partition coefficient (Wildman–Crippen LogP) is 2.73. The van der Waals surface area contributed by atoms with Crippen LogP contribution in [0.5, 0.6) is 0 Å². The SMILES string of the molecule is Cc1ccnc(CC2CCC2)c1. The molecule has 0 spiro atoms. The molecule has 0 saturated heterocycles. The number of aromatic nitrogens is 1. The van der Waals surface area contributed by atoms with Gasteiger partial charge >= 0.3 is 0 Å². The summed E-state index contributed by atoms with van der Waals surface area (Å²) in [5, 5.41) is 0. The molecule has 1 fully saturated rings. The van der Waals surface area contributed by atoms with Crippen LogP contribution < -0.4 is 0 Å². The summed E-state index contributed by atoms with van der Waals surface area (Å²) in [7, 11) is 0. The van der Waals surface area contributed by atoms with E-state index in [1.54, 1.807) is 0 Å². The van der Waals surface area contributed by atoms with E-state index >= 15 is 0 Å². The van der Waals surface area contributed by atoms with Gasteiger partial charge < -0.3 is 0 Å². The first-order valence-corrected chi connectivity index (χ1v) is 4.76. The van der Waals surface area contributed by atoms with Crippen LogP contribution in [-0.2, 0) is 6.42 Å². The lowest BCUT2D eigenvalue weighted by Gasteiger charge is -2.24. The maximum absolute atomic E-state index is 4.36. The highest BCUT2D eigenvalue weighted by Gasteiger charge is 2.17. The normalized spacial score (nSPS) is 17.4. The number of hydrogen-bond acceptors (Lipinski definition) is 1. The lowest BCUT2D eigenvalue weighted by Crippen LogP contribution is -2.14. The second kappa shape index (κ2) is 3.26. The zero-order valence-electron chi connectivity index (χ0n) is 7.59. The van der Waals surface area contributed by atoms with Crippen molar-refractivity contribution in [3.05, 3.63) is 29.6 Å². The second-order valence-corrected chi connectivity index (χ2v) is 3.83. The van der Waals surface area contributed by atoms with Crippen molar-refractivity contribution in [2.45, 2.75) is 32.6 Å². The molecule has 0 bridgehead atoms. The fraction of sp³-hybridized carbons (Fsp3) is 0.545. The second-order valence-electron chi connectivity index (χ2n) is 3.83. The quantitative estimate of drug-likeness (QED) is 0.650. The number of aryl methyl sites for hydroxylation is 1. The minimum Gasteiger partial charge on any atom is -0.261 e. The molecular formula is C11H15N. The van der Waals surface area contributed by atoms with Crippen molar-refractivity contribution >= 4 is 0 Å². The Morgan fingerprint density at radius 2 is 2.33 bits per heavy atom. The van der Waals surface area contributed by atoms with Gasteiger partial charge in [-0.1, -0.05) is 19.3 Å². The fourth-order valence-corrected chi connectivity index (χ4v) is 1.70. The van der Waals surface area contributed by atoms with Gasteiger partial charge in [-0.25, -0.2) is 0 Å². The van der Waals surface area contributed by atoms with Gasteiger partial charge in [0.1, 0.15) is 0 Å². The van der Waals surface area contributed by atoms with Crippen molar-refractivity contribution in [2.75, 3.05) is 0 Å². The molecule has 64 valence electrons. The Bertz CT molecular complexity index is 263. The van der Waals surface area contributed by atoms with E-state index in [1.807, 2.05) is 6.20 Å². The van der Waals surface area contributed by atoms with Crippen LogP contribution in [0.15, 0.2) is 18.3 Å². The Kier molecular flexibility index (Phi) is 2.11. The van der Waals surface area contributed by atoms with E-state index in [2.05, 4.69) is 24.0 Å². The van der Waals surface area contributed by atoms with Crippen LogP contribution in [0, 0.1) is 12.8 Å². The van der Waals surface area contributed by atoms with Crippen molar-refractivity contribution in [3.8, 4) is 0 Å². The first-order chi connectivity index (χ1) is 5.84. The van der Waals surface area contributed by atoms with Crippen LogP contribution >= 0.6 is 0 Å². The zero-order valence-corrected chi connectivity index (χ0v) is 7.59. The average Bonchev–Trinajstić information content (AvgIpc) is 1.97. The van der Waals surface area contributed by atoms with Gasteiger partial charge in [0.25, 0.3) is 0 Å². The number of hydrogen-bond donors (Lipinski definition) is 0. The maximum Gasteiger partial charge on any atom is 0.0409 e. The van der Waals surface area contributed by atoms with Crippen LogP contribution in [0.4, 0.5) is 0 Å². The monoisotopic (exact) mass is 161 g/mol. The molecule has 1 saturated carbocycles. The fourth-order valence-electron chi connectivity index (χ4n) is 1.70. The van der Waals surface area contributed by atoms with E-state index in [9.17, 15) is 0 Å². The van der Waals surface area contributed by atoms with Crippen LogP contribution in [0.25, 0.3) is 0 Å². The molecule has 0 unspecified atom stereocenters. The third kappa shape index (κ3) is 1.66. The van der Waals surface area contributed by atoms with E-state index in [-0.39, 0.29) is 0 Å². The summed E-state index contributed by atoms with van der Waals surface area (Å²) in [4.78, 5) is 4.36. The molecule has 0 amide bonds. The first kappa shape index (κ1) is 7.78. The van der Waals surface area contributed by atoms with E-state index in [0.717, 1.165) is 5.92 Å². The van der Waals surface area contributed by atoms with Gasteiger partial charge in [0.05, 0.1) is 0 Å². The predicted molar refractivity (Wildman–Crippen MR) is 50.0 cm³/mol. The summed E-state index contributed by atoms with van der Waals surface area (Å²) >= 11 is 0. The Balaban J connectivity index is 2.02. The Labute approximate surface area is 73.8 Å².